The summed E-state index contributed by atoms with van der Waals surface area (Å²) in [5, 5.41) is 0.430. The summed E-state index contributed by atoms with van der Waals surface area (Å²) in [5.74, 6) is -0.298. The molecule has 2 heterocycles. The average molecular weight is 466 g/mol. The van der Waals surface area contributed by atoms with Crippen LogP contribution in [0.5, 0.6) is 0 Å². The molecule has 2 aromatic rings. The number of carbonyl (C=O) groups excluding carboxylic acids is 1. The Kier molecular flexibility index (Phi) is 6.23. The number of sulfonamides is 1. The first kappa shape index (κ1) is 22.0. The van der Waals surface area contributed by atoms with Gasteiger partial charge in [0.25, 0.3) is 0 Å². The summed E-state index contributed by atoms with van der Waals surface area (Å²) >= 11 is 6.11. The largest absolute Gasteiger partial charge is 0.320 e. The Labute approximate surface area is 187 Å². The number of urea groups is 1. The van der Waals surface area contributed by atoms with Crippen molar-refractivity contribution in [2.45, 2.75) is 37.2 Å². The van der Waals surface area contributed by atoms with Gasteiger partial charge in [-0.05, 0) is 55.2 Å². The van der Waals surface area contributed by atoms with Gasteiger partial charge in [-0.1, -0.05) is 29.8 Å². The van der Waals surface area contributed by atoms with Crippen LogP contribution in [-0.2, 0) is 16.6 Å². The lowest BCUT2D eigenvalue weighted by Crippen LogP contribution is -2.47. The molecule has 0 saturated carbocycles. The van der Waals surface area contributed by atoms with Gasteiger partial charge < -0.3 is 9.80 Å². The van der Waals surface area contributed by atoms with E-state index in [-0.39, 0.29) is 22.8 Å². The first-order valence-electron chi connectivity index (χ1n) is 10.3. The van der Waals surface area contributed by atoms with E-state index >= 15 is 0 Å². The van der Waals surface area contributed by atoms with Gasteiger partial charge >= 0.3 is 6.03 Å². The highest BCUT2D eigenvalue weighted by Crippen LogP contribution is 2.28. The molecule has 4 rings (SSSR count). The van der Waals surface area contributed by atoms with E-state index in [0.717, 1.165) is 11.1 Å². The van der Waals surface area contributed by atoms with Crippen molar-refractivity contribution in [1.29, 1.82) is 0 Å². The van der Waals surface area contributed by atoms with Crippen LogP contribution in [0, 0.1) is 12.7 Å². The van der Waals surface area contributed by atoms with E-state index in [0.29, 0.717) is 50.6 Å². The summed E-state index contributed by atoms with van der Waals surface area (Å²) in [6.45, 7) is 4.22. The third kappa shape index (κ3) is 4.56. The minimum Gasteiger partial charge on any atom is -0.320 e. The van der Waals surface area contributed by atoms with Crippen LogP contribution in [0.1, 0.15) is 24.0 Å². The number of halogens is 2. The second-order valence-corrected chi connectivity index (χ2v) is 10.4. The second kappa shape index (κ2) is 8.76. The molecule has 166 valence electrons. The zero-order valence-electron chi connectivity index (χ0n) is 17.3. The fourth-order valence-electron chi connectivity index (χ4n) is 4.17. The first-order valence-corrected chi connectivity index (χ1v) is 12.1. The smallest absolute Gasteiger partial charge is 0.320 e. The van der Waals surface area contributed by atoms with Gasteiger partial charge in [0.2, 0.25) is 10.0 Å². The molecule has 0 aromatic heterocycles. The Morgan fingerprint density at radius 2 is 1.71 bits per heavy atom. The number of aryl methyl sites for hydroxylation is 1. The maximum absolute atomic E-state index is 13.1. The van der Waals surface area contributed by atoms with Gasteiger partial charge in [-0.2, -0.15) is 4.31 Å². The van der Waals surface area contributed by atoms with Gasteiger partial charge in [-0.25, -0.2) is 17.6 Å². The molecule has 0 unspecified atom stereocenters. The highest BCUT2D eigenvalue weighted by molar-refractivity contribution is 7.89. The maximum Gasteiger partial charge on any atom is 0.320 e. The van der Waals surface area contributed by atoms with Crippen molar-refractivity contribution in [3.8, 4) is 0 Å². The van der Waals surface area contributed by atoms with Crippen molar-refractivity contribution in [2.24, 2.45) is 0 Å². The third-order valence-electron chi connectivity index (χ3n) is 6.06. The van der Waals surface area contributed by atoms with E-state index in [2.05, 4.69) is 0 Å². The number of amides is 2. The van der Waals surface area contributed by atoms with Gasteiger partial charge in [0.1, 0.15) is 5.82 Å². The van der Waals surface area contributed by atoms with Crippen molar-refractivity contribution < 1.29 is 17.6 Å². The van der Waals surface area contributed by atoms with E-state index in [9.17, 15) is 17.6 Å². The molecule has 6 nitrogen and oxygen atoms in total. The van der Waals surface area contributed by atoms with Crippen LogP contribution in [0.4, 0.5) is 9.18 Å². The molecular weight excluding hydrogens is 441 g/mol. The van der Waals surface area contributed by atoms with Crippen LogP contribution in [0.3, 0.4) is 0 Å². The topological polar surface area (TPSA) is 60.9 Å². The molecule has 0 atom stereocenters. The molecule has 0 spiro atoms. The van der Waals surface area contributed by atoms with Crippen LogP contribution < -0.4 is 0 Å². The summed E-state index contributed by atoms with van der Waals surface area (Å²) < 4.78 is 40.5. The summed E-state index contributed by atoms with van der Waals surface area (Å²) in [6, 6.07) is 10.9. The second-order valence-electron chi connectivity index (χ2n) is 8.07. The SMILES string of the molecule is Cc1ccc(S(=O)(=O)N2CCC(N3CCN(Cc4ccc(F)cc4)C3=O)CC2)cc1Cl. The van der Waals surface area contributed by atoms with Gasteiger partial charge in [-0.3, -0.25) is 0 Å². The molecule has 0 aliphatic carbocycles. The summed E-state index contributed by atoms with van der Waals surface area (Å²) in [6.07, 6.45) is 1.18. The van der Waals surface area contributed by atoms with Gasteiger partial charge in [-0.15, -0.1) is 0 Å². The minimum absolute atomic E-state index is 0.0128. The highest BCUT2D eigenvalue weighted by atomic mass is 35.5. The van der Waals surface area contributed by atoms with Crippen LogP contribution >= 0.6 is 11.6 Å². The number of carbonyl (C=O) groups is 1. The molecule has 2 saturated heterocycles. The van der Waals surface area contributed by atoms with Crippen molar-refractivity contribution in [1.82, 2.24) is 14.1 Å². The predicted molar refractivity (Wildman–Crippen MR) is 117 cm³/mol. The quantitative estimate of drug-likeness (QED) is 0.673. The Hall–Kier alpha value is -2.16. The molecule has 2 aliphatic heterocycles. The normalized spacial score (nSPS) is 18.7. The first-order chi connectivity index (χ1) is 14.8. The fourth-order valence-corrected chi connectivity index (χ4v) is 5.92. The van der Waals surface area contributed by atoms with E-state index < -0.39 is 10.0 Å². The van der Waals surface area contributed by atoms with Crippen LogP contribution in [0.25, 0.3) is 0 Å². The fraction of sp³-hybridized carbons (Fsp3) is 0.409. The minimum atomic E-state index is -3.61. The lowest BCUT2D eigenvalue weighted by Gasteiger charge is -2.36. The van der Waals surface area contributed by atoms with Crippen LogP contribution in [0.15, 0.2) is 47.4 Å². The van der Waals surface area contributed by atoms with Crippen molar-refractivity contribution in [3.05, 3.63) is 64.4 Å². The lowest BCUT2D eigenvalue weighted by molar-refractivity contribution is 0.153. The van der Waals surface area contributed by atoms with Crippen molar-refractivity contribution in [3.63, 3.8) is 0 Å². The monoisotopic (exact) mass is 465 g/mol. The zero-order valence-corrected chi connectivity index (χ0v) is 18.9. The van der Waals surface area contributed by atoms with E-state index in [1.165, 1.54) is 22.5 Å². The molecule has 31 heavy (non-hydrogen) atoms. The van der Waals surface area contributed by atoms with Crippen LogP contribution in [0.2, 0.25) is 5.02 Å². The Morgan fingerprint density at radius 1 is 1.03 bits per heavy atom. The Morgan fingerprint density at radius 3 is 2.35 bits per heavy atom. The molecule has 2 aromatic carbocycles. The molecule has 0 bridgehead atoms. The number of hydrogen-bond donors (Lipinski definition) is 0. The number of rotatable bonds is 5. The predicted octanol–water partition coefficient (Wildman–Crippen LogP) is 3.88. The van der Waals surface area contributed by atoms with Crippen molar-refractivity contribution >= 4 is 27.7 Å². The zero-order chi connectivity index (χ0) is 22.2. The highest BCUT2D eigenvalue weighted by Gasteiger charge is 2.37. The van der Waals surface area contributed by atoms with E-state index in [4.69, 9.17) is 11.6 Å². The standard InChI is InChI=1S/C22H25ClFN3O3S/c1-16-2-7-20(14-21(16)23)31(29,30)26-10-8-19(9-11-26)27-13-12-25(22(27)28)15-17-3-5-18(24)6-4-17/h2-7,14,19H,8-13,15H2,1H3. The molecule has 2 amide bonds. The number of benzene rings is 2. The maximum atomic E-state index is 13.1. The van der Waals surface area contributed by atoms with Gasteiger partial charge in [0, 0.05) is 43.8 Å². The van der Waals surface area contributed by atoms with Crippen molar-refractivity contribution in [2.75, 3.05) is 26.2 Å². The molecule has 2 aliphatic rings. The van der Waals surface area contributed by atoms with E-state index in [1.807, 2.05) is 11.8 Å². The lowest BCUT2D eigenvalue weighted by atomic mass is 10.1. The van der Waals surface area contributed by atoms with Gasteiger partial charge in [0.05, 0.1) is 4.90 Å². The van der Waals surface area contributed by atoms with Crippen LogP contribution in [-0.4, -0.2) is 60.8 Å². The molecule has 0 radical (unpaired) electrons. The summed E-state index contributed by atoms with van der Waals surface area (Å²) in [5.41, 5.74) is 1.71. The van der Waals surface area contributed by atoms with Gasteiger partial charge in [0.15, 0.2) is 0 Å². The van der Waals surface area contributed by atoms with E-state index in [1.54, 1.807) is 29.2 Å². The third-order valence-corrected chi connectivity index (χ3v) is 8.36. The Bertz CT molecular complexity index is 1070. The number of piperidine rings is 1. The molecule has 9 heteroatoms. The summed E-state index contributed by atoms with van der Waals surface area (Å²) in [4.78, 5) is 16.7. The number of hydrogen-bond acceptors (Lipinski definition) is 3. The Balaban J connectivity index is 1.37. The number of nitrogens with zero attached hydrogens (tertiary/aromatic N) is 3. The molecule has 2 fully saturated rings. The average Bonchev–Trinajstić information content (AvgIpc) is 3.12. The molecular formula is C22H25ClFN3O3S. The molecule has 0 N–H and O–H groups in total. The summed E-state index contributed by atoms with van der Waals surface area (Å²) in [7, 11) is -3.61.